The average Bonchev–Trinajstić information content (AvgIpc) is 2.59. The van der Waals surface area contributed by atoms with Crippen LogP contribution in [0.2, 0.25) is 10.0 Å². The third-order valence-corrected chi connectivity index (χ3v) is 4.00. The number of hydrogen-bond donors (Lipinski definition) is 1. The zero-order valence-corrected chi connectivity index (χ0v) is 15.6. The molecule has 6 nitrogen and oxygen atoms in total. The summed E-state index contributed by atoms with van der Waals surface area (Å²) in [7, 11) is 1.25. The number of benzene rings is 2. The van der Waals surface area contributed by atoms with Crippen molar-refractivity contribution in [3.05, 3.63) is 58.1 Å². The molecule has 1 N–H and O–H groups in total. The summed E-state index contributed by atoms with van der Waals surface area (Å²) in [4.78, 5) is 37.2. The van der Waals surface area contributed by atoms with E-state index in [2.05, 4.69) is 10.1 Å². The van der Waals surface area contributed by atoms with E-state index < -0.39 is 17.8 Å². The molecule has 0 fully saturated rings. The van der Waals surface area contributed by atoms with Crippen molar-refractivity contribution in [3.63, 3.8) is 0 Å². The Kier molecular flexibility index (Phi) is 6.60. The number of carbonyl (C=O) groups is 3. The molecule has 0 aliphatic heterocycles. The second-order valence-electron chi connectivity index (χ2n) is 5.32. The van der Waals surface area contributed by atoms with Gasteiger partial charge in [0.2, 0.25) is 11.8 Å². The molecular weight excluding hydrogens is 379 g/mol. The van der Waals surface area contributed by atoms with Crippen LogP contribution in [0.25, 0.3) is 0 Å². The van der Waals surface area contributed by atoms with Crippen LogP contribution < -0.4 is 10.2 Å². The Morgan fingerprint density at radius 2 is 1.85 bits per heavy atom. The third-order valence-electron chi connectivity index (χ3n) is 3.45. The molecule has 0 saturated heterocycles. The van der Waals surface area contributed by atoms with Crippen molar-refractivity contribution in [1.82, 2.24) is 0 Å². The third kappa shape index (κ3) is 4.97. The predicted octanol–water partition coefficient (Wildman–Crippen LogP) is 3.77. The highest BCUT2D eigenvalue weighted by Crippen LogP contribution is 2.28. The van der Waals surface area contributed by atoms with Crippen LogP contribution >= 0.6 is 23.2 Å². The van der Waals surface area contributed by atoms with E-state index in [0.717, 1.165) is 0 Å². The number of halogens is 2. The summed E-state index contributed by atoms with van der Waals surface area (Å²) in [5.74, 6) is -1.42. The number of nitrogens with zero attached hydrogens (tertiary/aromatic N) is 1. The summed E-state index contributed by atoms with van der Waals surface area (Å²) in [6, 6.07) is 11.0. The molecule has 0 bridgehead atoms. The lowest BCUT2D eigenvalue weighted by molar-refractivity contribution is -0.120. The molecule has 0 unspecified atom stereocenters. The Morgan fingerprint density at radius 1 is 1.12 bits per heavy atom. The standard InChI is InChI=1S/C18H16Cl2N2O4/c1-11(23)22(10-17(24)21-14-5-3-4-13(19)9-14)16-8-12(18(25)26-2)6-7-15(16)20/h3-9H,10H2,1-2H3,(H,21,24). The van der Waals surface area contributed by atoms with Gasteiger partial charge in [0.25, 0.3) is 0 Å². The Balaban J connectivity index is 2.25. The lowest BCUT2D eigenvalue weighted by Crippen LogP contribution is -2.37. The minimum atomic E-state index is -0.574. The largest absolute Gasteiger partial charge is 0.465 e. The fourth-order valence-electron chi connectivity index (χ4n) is 2.24. The van der Waals surface area contributed by atoms with Gasteiger partial charge in [-0.15, -0.1) is 0 Å². The normalized spacial score (nSPS) is 10.2. The number of rotatable bonds is 5. The number of amides is 2. The molecule has 0 aromatic heterocycles. The van der Waals surface area contributed by atoms with E-state index in [0.29, 0.717) is 10.7 Å². The van der Waals surface area contributed by atoms with Crippen LogP contribution in [0.5, 0.6) is 0 Å². The van der Waals surface area contributed by atoms with Crippen molar-refractivity contribution >= 4 is 52.4 Å². The van der Waals surface area contributed by atoms with Crippen LogP contribution in [0.1, 0.15) is 17.3 Å². The second kappa shape index (κ2) is 8.69. The van der Waals surface area contributed by atoms with Gasteiger partial charge in [0.05, 0.1) is 23.4 Å². The monoisotopic (exact) mass is 394 g/mol. The lowest BCUT2D eigenvalue weighted by Gasteiger charge is -2.22. The maximum Gasteiger partial charge on any atom is 0.337 e. The molecule has 0 heterocycles. The number of nitrogens with one attached hydrogen (secondary N) is 1. The van der Waals surface area contributed by atoms with E-state index in [1.807, 2.05) is 0 Å². The van der Waals surface area contributed by atoms with Gasteiger partial charge in [-0.1, -0.05) is 29.3 Å². The van der Waals surface area contributed by atoms with Crippen LogP contribution in [0.15, 0.2) is 42.5 Å². The first-order valence-electron chi connectivity index (χ1n) is 7.53. The van der Waals surface area contributed by atoms with Gasteiger partial charge < -0.3 is 15.0 Å². The number of anilines is 2. The van der Waals surface area contributed by atoms with Crippen LogP contribution in [0, 0.1) is 0 Å². The van der Waals surface area contributed by atoms with Gasteiger partial charge in [-0.25, -0.2) is 4.79 Å². The maximum atomic E-state index is 12.3. The molecule has 0 spiro atoms. The van der Waals surface area contributed by atoms with E-state index in [1.165, 1.54) is 37.1 Å². The molecule has 8 heteroatoms. The quantitative estimate of drug-likeness (QED) is 0.782. The molecular formula is C18H16Cl2N2O4. The Hall–Kier alpha value is -2.57. The molecule has 0 aliphatic rings. The second-order valence-corrected chi connectivity index (χ2v) is 6.17. The zero-order chi connectivity index (χ0) is 19.3. The number of esters is 1. The molecule has 0 saturated carbocycles. The van der Waals surface area contributed by atoms with Crippen molar-refractivity contribution in [1.29, 1.82) is 0 Å². The first kappa shape index (κ1) is 19.8. The van der Waals surface area contributed by atoms with Crippen molar-refractivity contribution in [2.45, 2.75) is 6.92 Å². The van der Waals surface area contributed by atoms with Gasteiger partial charge in [-0.05, 0) is 36.4 Å². The first-order valence-corrected chi connectivity index (χ1v) is 8.29. The highest BCUT2D eigenvalue weighted by Gasteiger charge is 2.20. The minimum absolute atomic E-state index is 0.216. The van der Waals surface area contributed by atoms with Crippen LogP contribution in [0.3, 0.4) is 0 Å². The smallest absolute Gasteiger partial charge is 0.337 e. The Labute approximate surface area is 160 Å². The molecule has 136 valence electrons. The Bertz CT molecular complexity index is 855. The fourth-order valence-corrected chi connectivity index (χ4v) is 2.65. The first-order chi connectivity index (χ1) is 12.3. The molecule has 0 aliphatic carbocycles. The maximum absolute atomic E-state index is 12.3. The summed E-state index contributed by atoms with van der Waals surface area (Å²) in [6.45, 7) is 1.01. The fraction of sp³-hybridized carbons (Fsp3) is 0.167. The summed E-state index contributed by atoms with van der Waals surface area (Å²) < 4.78 is 4.67. The van der Waals surface area contributed by atoms with E-state index in [1.54, 1.807) is 24.3 Å². The molecule has 0 atom stereocenters. The topological polar surface area (TPSA) is 75.7 Å². The van der Waals surface area contributed by atoms with E-state index in [-0.39, 0.29) is 22.8 Å². The van der Waals surface area contributed by atoms with Crippen molar-refractivity contribution in [2.75, 3.05) is 23.9 Å². The van der Waals surface area contributed by atoms with E-state index in [9.17, 15) is 14.4 Å². The zero-order valence-electron chi connectivity index (χ0n) is 14.1. The molecule has 2 amide bonds. The number of carbonyl (C=O) groups excluding carboxylic acids is 3. The Morgan fingerprint density at radius 3 is 2.46 bits per heavy atom. The summed E-state index contributed by atoms with van der Waals surface area (Å²) >= 11 is 12.0. The molecule has 26 heavy (non-hydrogen) atoms. The SMILES string of the molecule is COC(=O)c1ccc(Cl)c(N(CC(=O)Nc2cccc(Cl)c2)C(C)=O)c1. The van der Waals surface area contributed by atoms with Gasteiger partial charge in [0.1, 0.15) is 6.54 Å². The lowest BCUT2D eigenvalue weighted by atomic mass is 10.2. The minimum Gasteiger partial charge on any atom is -0.465 e. The molecule has 2 aromatic carbocycles. The van der Waals surface area contributed by atoms with Gasteiger partial charge in [-0.3, -0.25) is 9.59 Å². The summed E-state index contributed by atoms with van der Waals surface area (Å²) in [5, 5.41) is 3.35. The summed E-state index contributed by atoms with van der Waals surface area (Å²) in [6.07, 6.45) is 0. The molecule has 0 radical (unpaired) electrons. The van der Waals surface area contributed by atoms with Gasteiger partial charge in [0.15, 0.2) is 0 Å². The van der Waals surface area contributed by atoms with Gasteiger partial charge in [-0.2, -0.15) is 0 Å². The van der Waals surface area contributed by atoms with Crippen LogP contribution in [0.4, 0.5) is 11.4 Å². The van der Waals surface area contributed by atoms with Crippen LogP contribution in [-0.2, 0) is 14.3 Å². The molecule has 2 rings (SSSR count). The number of methoxy groups -OCH3 is 1. The highest BCUT2D eigenvalue weighted by molar-refractivity contribution is 6.34. The predicted molar refractivity (Wildman–Crippen MR) is 101 cm³/mol. The average molecular weight is 395 g/mol. The number of ether oxygens (including phenoxy) is 1. The van der Waals surface area contributed by atoms with Gasteiger partial charge in [0, 0.05) is 17.6 Å². The van der Waals surface area contributed by atoms with Gasteiger partial charge >= 0.3 is 5.97 Å². The number of hydrogen-bond acceptors (Lipinski definition) is 4. The van der Waals surface area contributed by atoms with E-state index >= 15 is 0 Å². The van der Waals surface area contributed by atoms with Crippen molar-refractivity contribution in [3.8, 4) is 0 Å². The summed E-state index contributed by atoms with van der Waals surface area (Å²) in [5.41, 5.74) is 0.956. The van der Waals surface area contributed by atoms with Crippen molar-refractivity contribution in [2.24, 2.45) is 0 Å². The highest BCUT2D eigenvalue weighted by atomic mass is 35.5. The molecule has 2 aromatic rings. The van der Waals surface area contributed by atoms with E-state index in [4.69, 9.17) is 23.2 Å². The van der Waals surface area contributed by atoms with Crippen LogP contribution in [-0.4, -0.2) is 31.4 Å². The van der Waals surface area contributed by atoms with Crippen molar-refractivity contribution < 1.29 is 19.1 Å².